The third kappa shape index (κ3) is 5.03. The van der Waals surface area contributed by atoms with Crippen molar-refractivity contribution in [1.29, 1.82) is 0 Å². The van der Waals surface area contributed by atoms with Crippen molar-refractivity contribution in [3.05, 3.63) is 90.6 Å². The molecule has 1 aromatic heterocycles. The summed E-state index contributed by atoms with van der Waals surface area (Å²) < 4.78 is 7.66. The predicted molar refractivity (Wildman–Crippen MR) is 141 cm³/mol. The van der Waals surface area contributed by atoms with E-state index in [0.29, 0.717) is 10.6 Å². The van der Waals surface area contributed by atoms with E-state index in [1.165, 1.54) is 17.0 Å². The second kappa shape index (κ2) is 10.2. The third-order valence-corrected chi connectivity index (χ3v) is 7.16. The molecule has 2 amide bonds. The number of hydrogen-bond acceptors (Lipinski definition) is 6. The van der Waals surface area contributed by atoms with E-state index in [2.05, 4.69) is 0 Å². The van der Waals surface area contributed by atoms with Gasteiger partial charge in [-0.3, -0.25) is 24.6 Å². The van der Waals surface area contributed by atoms with Crippen molar-refractivity contribution in [1.82, 2.24) is 9.47 Å². The Morgan fingerprint density at radius 2 is 1.83 bits per heavy atom. The first-order valence-corrected chi connectivity index (χ1v) is 12.3. The van der Waals surface area contributed by atoms with Crippen LogP contribution in [-0.2, 0) is 4.79 Å². The zero-order valence-electron chi connectivity index (χ0n) is 20.2. The number of carbonyl (C=O) groups is 2. The Kier molecular flexibility index (Phi) is 7.23. The van der Waals surface area contributed by atoms with Gasteiger partial charge in [0.15, 0.2) is 0 Å². The van der Waals surface area contributed by atoms with Gasteiger partial charge in [-0.1, -0.05) is 23.7 Å². The lowest BCUT2D eigenvalue weighted by atomic mass is 10.1. The van der Waals surface area contributed by atoms with Crippen molar-refractivity contribution in [3.63, 3.8) is 0 Å². The Hall–Kier alpha value is -3.56. The number of nitrogens with zero attached hydrogens (tertiary/aromatic N) is 3. The fraction of sp³-hybridized carbons (Fsp3) is 0.231. The number of carbonyl (C=O) groups excluding carboxylic acids is 2. The molecule has 1 fully saturated rings. The first-order chi connectivity index (χ1) is 17.1. The minimum Gasteiger partial charge on any atom is -0.491 e. The Bertz CT molecular complexity index is 1430. The molecule has 0 N–H and O–H groups in total. The summed E-state index contributed by atoms with van der Waals surface area (Å²) in [6.07, 6.45) is 1.68. The van der Waals surface area contributed by atoms with Crippen molar-refractivity contribution >= 4 is 46.3 Å². The Labute approximate surface area is 217 Å². The monoisotopic (exact) mass is 525 g/mol. The summed E-state index contributed by atoms with van der Waals surface area (Å²) in [4.78, 5) is 37.8. The molecule has 0 bridgehead atoms. The molecule has 186 valence electrons. The highest BCUT2D eigenvalue weighted by Gasteiger charge is 2.35. The van der Waals surface area contributed by atoms with Crippen molar-refractivity contribution in [3.8, 4) is 11.4 Å². The number of hydrogen-bond donors (Lipinski definition) is 0. The highest BCUT2D eigenvalue weighted by Crippen LogP contribution is 2.34. The molecule has 4 rings (SSSR count). The largest absolute Gasteiger partial charge is 0.491 e. The average molecular weight is 526 g/mol. The van der Waals surface area contributed by atoms with Crippen LogP contribution in [0.15, 0.2) is 47.4 Å². The lowest BCUT2D eigenvalue weighted by molar-refractivity contribution is -0.384. The van der Waals surface area contributed by atoms with Gasteiger partial charge < -0.3 is 9.30 Å². The smallest absolute Gasteiger partial charge is 0.293 e. The van der Waals surface area contributed by atoms with Crippen LogP contribution in [-0.4, -0.2) is 38.7 Å². The van der Waals surface area contributed by atoms with Crippen LogP contribution in [0.1, 0.15) is 28.1 Å². The molecule has 0 atom stereocenters. The van der Waals surface area contributed by atoms with E-state index in [4.69, 9.17) is 16.3 Å². The van der Waals surface area contributed by atoms with Gasteiger partial charge in [-0.2, -0.15) is 0 Å². The Morgan fingerprint density at radius 1 is 1.08 bits per heavy atom. The maximum absolute atomic E-state index is 13.0. The van der Waals surface area contributed by atoms with E-state index in [0.717, 1.165) is 45.6 Å². The highest BCUT2D eigenvalue weighted by molar-refractivity contribution is 8.18. The summed E-state index contributed by atoms with van der Waals surface area (Å²) in [5, 5.41) is 11.0. The van der Waals surface area contributed by atoms with Crippen LogP contribution in [0.2, 0.25) is 5.02 Å². The van der Waals surface area contributed by atoms with Crippen LogP contribution in [0.3, 0.4) is 0 Å². The van der Waals surface area contributed by atoms with Gasteiger partial charge in [-0.15, -0.1) is 0 Å². The van der Waals surface area contributed by atoms with Gasteiger partial charge in [-0.05, 0) is 86.5 Å². The minimum absolute atomic E-state index is 0.0571. The standard InChI is InChI=1S/C26H24ClN3O5S/c1-15-5-6-16(2)23(11-15)35-10-9-28-25(31)24(36-26(28)32)13-19-12-17(3)29(18(19)4)20-7-8-21(27)22(14-20)30(33)34/h5-8,11-14H,9-10H2,1-4H3/b24-13-. The topological polar surface area (TPSA) is 94.7 Å². The van der Waals surface area contributed by atoms with Crippen LogP contribution in [0.25, 0.3) is 11.8 Å². The average Bonchev–Trinajstić information content (AvgIpc) is 3.25. The molecular formula is C26H24ClN3O5S. The third-order valence-electron chi connectivity index (χ3n) is 5.93. The first kappa shape index (κ1) is 25.5. The molecule has 0 aliphatic carbocycles. The van der Waals surface area contributed by atoms with Gasteiger partial charge >= 0.3 is 0 Å². The molecule has 0 saturated carbocycles. The second-order valence-electron chi connectivity index (χ2n) is 8.51. The molecule has 3 aromatic rings. The number of rotatable bonds is 7. The molecule has 36 heavy (non-hydrogen) atoms. The molecule has 10 heteroatoms. The van der Waals surface area contributed by atoms with Crippen molar-refractivity contribution in [2.45, 2.75) is 27.7 Å². The molecule has 2 heterocycles. The molecule has 0 unspecified atom stereocenters. The summed E-state index contributed by atoms with van der Waals surface area (Å²) in [5.74, 6) is 0.355. The van der Waals surface area contributed by atoms with Crippen molar-refractivity contribution in [2.75, 3.05) is 13.2 Å². The lowest BCUT2D eigenvalue weighted by Gasteiger charge is -2.14. The fourth-order valence-corrected chi connectivity index (χ4v) is 5.10. The number of amides is 2. The zero-order valence-corrected chi connectivity index (χ0v) is 21.8. The number of aromatic nitrogens is 1. The number of benzene rings is 2. The van der Waals surface area contributed by atoms with Gasteiger partial charge in [0, 0.05) is 17.5 Å². The van der Waals surface area contributed by atoms with Gasteiger partial charge in [-0.25, -0.2) is 0 Å². The summed E-state index contributed by atoms with van der Waals surface area (Å²) >= 11 is 6.84. The predicted octanol–water partition coefficient (Wildman–Crippen LogP) is 6.39. The van der Waals surface area contributed by atoms with Crippen LogP contribution < -0.4 is 4.74 Å². The molecule has 8 nitrogen and oxygen atoms in total. The Morgan fingerprint density at radius 3 is 2.56 bits per heavy atom. The van der Waals surface area contributed by atoms with Crippen molar-refractivity contribution < 1.29 is 19.2 Å². The lowest BCUT2D eigenvalue weighted by Crippen LogP contribution is -2.32. The number of nitro groups is 1. The summed E-state index contributed by atoms with van der Waals surface area (Å²) in [6, 6.07) is 12.3. The van der Waals surface area contributed by atoms with E-state index >= 15 is 0 Å². The molecule has 1 aliphatic heterocycles. The quantitative estimate of drug-likeness (QED) is 0.201. The van der Waals surface area contributed by atoms with E-state index in [1.807, 2.05) is 56.5 Å². The van der Waals surface area contributed by atoms with E-state index in [9.17, 15) is 19.7 Å². The zero-order chi connectivity index (χ0) is 26.1. The van der Waals surface area contributed by atoms with Gasteiger partial charge in [0.1, 0.15) is 17.4 Å². The number of thioether (sulfide) groups is 1. The van der Waals surface area contributed by atoms with E-state index < -0.39 is 4.92 Å². The van der Waals surface area contributed by atoms with E-state index in [-0.39, 0.29) is 35.0 Å². The van der Waals surface area contributed by atoms with Gasteiger partial charge in [0.05, 0.1) is 22.1 Å². The number of imide groups is 1. The molecule has 0 radical (unpaired) electrons. The van der Waals surface area contributed by atoms with Crippen LogP contribution in [0.4, 0.5) is 10.5 Å². The number of nitro benzene ring substituents is 1. The van der Waals surface area contributed by atoms with Gasteiger partial charge in [0.25, 0.3) is 16.8 Å². The normalized spacial score (nSPS) is 14.7. The number of aryl methyl sites for hydroxylation is 3. The maximum atomic E-state index is 13.0. The molecular weight excluding hydrogens is 502 g/mol. The van der Waals surface area contributed by atoms with Crippen LogP contribution >= 0.6 is 23.4 Å². The number of ether oxygens (including phenoxy) is 1. The Balaban J connectivity index is 1.53. The van der Waals surface area contributed by atoms with Crippen molar-refractivity contribution in [2.24, 2.45) is 0 Å². The first-order valence-electron chi connectivity index (χ1n) is 11.2. The second-order valence-corrected chi connectivity index (χ2v) is 9.91. The highest BCUT2D eigenvalue weighted by atomic mass is 35.5. The van der Waals surface area contributed by atoms with Crippen LogP contribution in [0.5, 0.6) is 5.75 Å². The number of halogens is 1. The maximum Gasteiger partial charge on any atom is 0.293 e. The van der Waals surface area contributed by atoms with Crippen LogP contribution in [0, 0.1) is 37.8 Å². The van der Waals surface area contributed by atoms with E-state index in [1.54, 1.807) is 12.1 Å². The molecule has 0 spiro atoms. The summed E-state index contributed by atoms with van der Waals surface area (Å²) in [5.41, 5.74) is 4.77. The summed E-state index contributed by atoms with van der Waals surface area (Å²) in [6.45, 7) is 7.96. The molecule has 1 aliphatic rings. The SMILES string of the molecule is Cc1ccc(C)c(OCCN2C(=O)S/C(=C\c3cc(C)n(-c4ccc(Cl)c([N+](=O)[O-])c4)c3C)C2=O)c1. The molecule has 1 saturated heterocycles. The fourth-order valence-electron chi connectivity index (χ4n) is 4.05. The van der Waals surface area contributed by atoms with Gasteiger partial charge in [0.2, 0.25) is 0 Å². The molecule has 2 aromatic carbocycles. The minimum atomic E-state index is -0.527. The summed E-state index contributed by atoms with van der Waals surface area (Å²) in [7, 11) is 0.